The van der Waals surface area contributed by atoms with Crippen molar-refractivity contribution in [1.82, 2.24) is 15.0 Å². The Morgan fingerprint density at radius 1 is 0.426 bits per heavy atom. The van der Waals surface area contributed by atoms with Crippen LogP contribution in [0, 0.1) is 0 Å². The molecule has 4 nitrogen and oxygen atoms in total. The van der Waals surface area contributed by atoms with Gasteiger partial charge in [0.15, 0.2) is 17.5 Å². The third-order valence-electron chi connectivity index (χ3n) is 7.54. The highest BCUT2D eigenvalue weighted by Gasteiger charge is 2.16. The molecular formula is C43H27N3O. The van der Waals surface area contributed by atoms with Crippen LogP contribution in [0.2, 0.25) is 0 Å². The average molecular weight is 617 g/mol. The normalized spacial score (nSPS) is 15.9. The number of fused-ring (bicyclic) bond motifs is 4. The monoisotopic (exact) mass is 616 g/mol. The molecule has 0 unspecified atom stereocenters. The van der Waals surface area contributed by atoms with Gasteiger partial charge < -0.3 is 4.42 Å². The number of furan rings is 1. The minimum absolute atomic E-state index is 0.0115. The van der Waals surface area contributed by atoms with E-state index in [0.717, 1.165) is 0 Å². The minimum atomic E-state index is -0.761. The summed E-state index contributed by atoms with van der Waals surface area (Å²) in [5.74, 6) is -0.791. The van der Waals surface area contributed by atoms with E-state index < -0.39 is 118 Å². The topological polar surface area (TPSA) is 51.8 Å². The first kappa shape index (κ1) is 15.7. The zero-order valence-corrected chi connectivity index (χ0v) is 24.2. The summed E-state index contributed by atoms with van der Waals surface area (Å²) >= 11 is 0. The van der Waals surface area contributed by atoms with Crippen molar-refractivity contribution in [2.75, 3.05) is 0 Å². The fraction of sp³-hybridized carbons (Fsp3) is 0. The second kappa shape index (κ2) is 11.2. The number of benzene rings is 7. The van der Waals surface area contributed by atoms with Crippen molar-refractivity contribution in [3.8, 4) is 56.4 Å². The molecule has 0 amide bonds. The quantitative estimate of drug-likeness (QED) is 0.193. The molecule has 0 aliphatic carbocycles. The number of hydrogen-bond acceptors (Lipinski definition) is 4. The Hall–Kier alpha value is -6.39. The molecule has 0 aliphatic rings. The van der Waals surface area contributed by atoms with Gasteiger partial charge in [-0.05, 0) is 63.3 Å². The van der Waals surface area contributed by atoms with Crippen LogP contribution in [-0.4, -0.2) is 15.0 Å². The maximum absolute atomic E-state index is 9.56. The second-order valence-electron chi connectivity index (χ2n) is 10.4. The predicted octanol–water partition coefficient (Wildman–Crippen LogP) is 11.3. The molecule has 0 saturated carbocycles. The van der Waals surface area contributed by atoms with Crippen LogP contribution in [0.4, 0.5) is 0 Å². The molecule has 0 radical (unpaired) electrons. The summed E-state index contributed by atoms with van der Waals surface area (Å²) < 4.78 is 139. The van der Waals surface area contributed by atoms with Crippen molar-refractivity contribution in [2.24, 2.45) is 0 Å². The summed E-state index contributed by atoms with van der Waals surface area (Å²) in [4.78, 5) is 13.8. The van der Waals surface area contributed by atoms with Crippen molar-refractivity contribution in [3.05, 3.63) is 163 Å². The van der Waals surface area contributed by atoms with Crippen LogP contribution < -0.4 is 0 Å². The van der Waals surface area contributed by atoms with Gasteiger partial charge in [-0.3, -0.25) is 0 Å². The van der Waals surface area contributed by atoms with Gasteiger partial charge in [0, 0.05) is 27.5 Å². The van der Waals surface area contributed by atoms with Crippen LogP contribution in [0.15, 0.2) is 168 Å². The molecule has 4 heteroatoms. The van der Waals surface area contributed by atoms with E-state index in [-0.39, 0.29) is 28.8 Å². The van der Waals surface area contributed by atoms with E-state index in [1.807, 2.05) is 18.2 Å². The summed E-state index contributed by atoms with van der Waals surface area (Å²) in [6.07, 6.45) is 0. The molecule has 0 fully saturated rings. The van der Waals surface area contributed by atoms with Crippen LogP contribution in [-0.2, 0) is 0 Å². The highest BCUT2D eigenvalue weighted by atomic mass is 16.3. The van der Waals surface area contributed by atoms with E-state index in [0.29, 0.717) is 33.1 Å². The number of nitrogens with zero attached hydrogens (tertiary/aromatic N) is 3. The molecule has 7 aromatic carbocycles. The van der Waals surface area contributed by atoms with Crippen molar-refractivity contribution >= 4 is 32.7 Å². The molecule has 0 N–H and O–H groups in total. The van der Waals surface area contributed by atoms with Gasteiger partial charge >= 0.3 is 0 Å². The molecule has 0 bridgehead atoms. The molecule has 0 saturated heterocycles. The largest absolute Gasteiger partial charge is 0.456 e. The molecule has 9 aromatic rings. The lowest BCUT2D eigenvalue weighted by Gasteiger charge is -2.11. The molecule has 2 heterocycles. The van der Waals surface area contributed by atoms with E-state index in [2.05, 4.69) is 15.0 Å². The Kier molecular flexibility index (Phi) is 3.75. The van der Waals surface area contributed by atoms with Crippen LogP contribution in [0.25, 0.3) is 89.1 Å². The van der Waals surface area contributed by atoms with Crippen molar-refractivity contribution in [1.29, 1.82) is 0 Å². The van der Waals surface area contributed by atoms with Crippen LogP contribution in [0.1, 0.15) is 20.6 Å². The summed E-state index contributed by atoms with van der Waals surface area (Å²) in [5, 5.41) is 0.381. The van der Waals surface area contributed by atoms with Gasteiger partial charge in [0.1, 0.15) is 11.2 Å². The Morgan fingerprint density at radius 3 is 1.85 bits per heavy atom. The summed E-state index contributed by atoms with van der Waals surface area (Å²) in [5.41, 5.74) is 0.0146. The molecule has 0 atom stereocenters. The number of hydrogen-bond donors (Lipinski definition) is 0. The Labute approximate surface area is 292 Å². The Bertz CT molecular complexity index is 3400. The first-order chi connectivity index (χ1) is 29.5. The minimum Gasteiger partial charge on any atom is -0.456 e. The zero-order valence-electron chi connectivity index (χ0n) is 39.2. The maximum atomic E-state index is 9.56. The van der Waals surface area contributed by atoms with E-state index in [9.17, 15) is 4.11 Å². The molecule has 2 aromatic heterocycles. The Balaban J connectivity index is 1.34. The first-order valence-electron chi connectivity index (χ1n) is 22.0. The van der Waals surface area contributed by atoms with E-state index in [1.165, 1.54) is 0 Å². The molecular weight excluding hydrogens is 574 g/mol. The average Bonchev–Trinajstić information content (AvgIpc) is 3.66. The van der Waals surface area contributed by atoms with Gasteiger partial charge in [-0.15, -0.1) is 0 Å². The lowest BCUT2D eigenvalue weighted by molar-refractivity contribution is 0.669. The van der Waals surface area contributed by atoms with Crippen LogP contribution >= 0.6 is 0 Å². The lowest BCUT2D eigenvalue weighted by atomic mass is 9.97. The Morgan fingerprint density at radius 2 is 1.04 bits per heavy atom. The molecule has 220 valence electrons. The number of para-hydroxylation sites is 1. The zero-order chi connectivity index (χ0) is 44.2. The van der Waals surface area contributed by atoms with Crippen molar-refractivity contribution in [3.63, 3.8) is 0 Å². The molecule has 0 spiro atoms. The molecule has 9 rings (SSSR count). The van der Waals surface area contributed by atoms with Crippen LogP contribution in [0.5, 0.6) is 0 Å². The summed E-state index contributed by atoms with van der Waals surface area (Å²) in [6, 6.07) is 11.0. The predicted molar refractivity (Wildman–Crippen MR) is 192 cm³/mol. The summed E-state index contributed by atoms with van der Waals surface area (Å²) in [6.45, 7) is 0. The molecule has 47 heavy (non-hydrogen) atoms. The first-order valence-corrected chi connectivity index (χ1v) is 14.5. The fourth-order valence-electron chi connectivity index (χ4n) is 5.38. The third kappa shape index (κ3) is 4.93. The highest BCUT2D eigenvalue weighted by molar-refractivity contribution is 6.12. The SMILES string of the molecule is [2H]c1c([2H])c([2H])c(-c2c([2H])c([2H])c3c([2H])c(-c4nc(-c5ccccc5)nc(-c5c([2H])c([2H])c([2H])c(-c6cccc7oc8ccccc8c67)c5[2H])n4)c([2H])c([2H])c3c2[2H])c([2H])c1[2H]. The fourth-order valence-corrected chi connectivity index (χ4v) is 5.38. The standard InChI is InChI=1S/C43H27N3O/c1-3-11-28(12-4-1)30-21-22-32-26-35(24-23-31(32)25-30)43-45-41(29-13-5-2-6-14-29)44-42(46-43)34-16-9-15-33(27-34)36-18-10-20-39-40(36)37-17-7-8-19-38(37)47-39/h1-27H/i1D,3D,4D,9D,11D,12D,15D,16D,21D,22D,23D,24D,25D,26D,27D. The smallest absolute Gasteiger partial charge is 0.164 e. The number of aromatic nitrogens is 3. The van der Waals surface area contributed by atoms with Crippen LogP contribution in [0.3, 0.4) is 0 Å². The van der Waals surface area contributed by atoms with Gasteiger partial charge in [0.2, 0.25) is 0 Å². The number of rotatable bonds is 5. The third-order valence-corrected chi connectivity index (χ3v) is 7.54. The van der Waals surface area contributed by atoms with Gasteiger partial charge in [-0.2, -0.15) is 0 Å². The van der Waals surface area contributed by atoms with E-state index in [4.69, 9.17) is 20.9 Å². The summed E-state index contributed by atoms with van der Waals surface area (Å²) in [7, 11) is 0. The van der Waals surface area contributed by atoms with Crippen molar-refractivity contribution < 1.29 is 25.0 Å². The van der Waals surface area contributed by atoms with Gasteiger partial charge in [-0.25, -0.2) is 15.0 Å². The van der Waals surface area contributed by atoms with E-state index in [1.54, 1.807) is 54.6 Å². The van der Waals surface area contributed by atoms with Gasteiger partial charge in [0.05, 0.1) is 20.6 Å². The highest BCUT2D eigenvalue weighted by Crippen LogP contribution is 2.38. The van der Waals surface area contributed by atoms with E-state index >= 15 is 0 Å². The van der Waals surface area contributed by atoms with Gasteiger partial charge in [-0.1, -0.05) is 133 Å². The molecule has 0 aliphatic heterocycles. The van der Waals surface area contributed by atoms with Crippen molar-refractivity contribution in [2.45, 2.75) is 0 Å². The second-order valence-corrected chi connectivity index (χ2v) is 10.4. The lowest BCUT2D eigenvalue weighted by Crippen LogP contribution is -2.00. The maximum Gasteiger partial charge on any atom is 0.164 e. The van der Waals surface area contributed by atoms with Gasteiger partial charge in [0.25, 0.3) is 0 Å².